The van der Waals surface area contributed by atoms with Gasteiger partial charge < -0.3 is 21.3 Å². The lowest BCUT2D eigenvalue weighted by molar-refractivity contribution is -0.114. The second-order valence-corrected chi connectivity index (χ2v) is 17.6. The molecule has 0 saturated heterocycles. The molecule has 0 atom stereocenters. The van der Waals surface area contributed by atoms with Crippen LogP contribution >= 0.6 is 0 Å². The van der Waals surface area contributed by atoms with Crippen LogP contribution in [0.5, 0.6) is 0 Å². The van der Waals surface area contributed by atoms with Crippen molar-refractivity contribution in [1.82, 2.24) is 15.0 Å². The lowest BCUT2D eigenvalue weighted by Gasteiger charge is -2.13. The number of fused-ring (bicyclic) bond motifs is 1. The van der Waals surface area contributed by atoms with Gasteiger partial charge in [-0.3, -0.25) is 18.5 Å². The fraction of sp³-hybridized carbons (Fsp3) is 0.0968. The zero-order chi connectivity index (χ0) is 41.1. The van der Waals surface area contributed by atoms with E-state index >= 15 is 0 Å². The average molecular weight is 848 g/mol. The SMILES string of the molecule is C=CS(=O)(=O)c1cccc(Nc2nc(NCCS(=O)(=O)O)nc(Nc3ccc(N=Nc4cc(S(=O)(=O)O)c5cccc(S(=O)(=O)O)c5c4)c(NC(C)=O)c3)n2)c1. The highest BCUT2D eigenvalue weighted by Gasteiger charge is 2.21. The molecule has 4 aromatic carbocycles. The molecule has 5 aromatic rings. The molecule has 1 amide bonds. The standard InChI is InChI=1S/C31H29N9O12S4/c1-3-53(42,43)22-7-4-6-19(14-22)34-30-36-29(32-12-13-54(44,45)46)37-31(38-30)35-20-10-11-25(26(16-20)33-18(2)41)40-39-21-15-24-23(28(17-21)56(50,51)52)8-5-9-27(24)55(47,48)49/h3-11,14-17H,1,12-13H2,2H3,(H,33,41)(H,44,45,46)(H,47,48,49)(H,50,51,52)(H3,32,34,35,36,37,38). The van der Waals surface area contributed by atoms with Crippen molar-refractivity contribution in [2.45, 2.75) is 21.6 Å². The summed E-state index contributed by atoms with van der Waals surface area (Å²) in [5, 5.41) is 19.2. The van der Waals surface area contributed by atoms with Crippen LogP contribution in [-0.2, 0) is 45.0 Å². The van der Waals surface area contributed by atoms with E-state index in [1.54, 1.807) is 0 Å². The number of aromatic nitrogens is 3. The number of benzene rings is 4. The van der Waals surface area contributed by atoms with Crippen molar-refractivity contribution in [3.63, 3.8) is 0 Å². The molecule has 5 rings (SSSR count). The van der Waals surface area contributed by atoms with Crippen LogP contribution in [0.15, 0.2) is 110 Å². The molecule has 0 radical (unpaired) electrons. The quantitative estimate of drug-likeness (QED) is 0.0559. The number of anilines is 6. The molecule has 0 aliphatic heterocycles. The summed E-state index contributed by atoms with van der Waals surface area (Å²) in [6.07, 6.45) is 0. The highest BCUT2D eigenvalue weighted by Crippen LogP contribution is 2.36. The Morgan fingerprint density at radius 2 is 1.36 bits per heavy atom. The molecule has 1 aromatic heterocycles. The minimum absolute atomic E-state index is 0.00208. The van der Waals surface area contributed by atoms with Crippen LogP contribution in [0.2, 0.25) is 0 Å². The number of hydrogen-bond acceptors (Lipinski definition) is 17. The highest BCUT2D eigenvalue weighted by molar-refractivity contribution is 7.94. The minimum atomic E-state index is -4.94. The summed E-state index contributed by atoms with van der Waals surface area (Å²) in [6.45, 7) is 4.19. The topological polar surface area (TPSA) is 326 Å². The van der Waals surface area contributed by atoms with Crippen LogP contribution < -0.4 is 21.3 Å². The van der Waals surface area contributed by atoms with E-state index in [2.05, 4.69) is 53.0 Å². The van der Waals surface area contributed by atoms with Crippen molar-refractivity contribution in [1.29, 1.82) is 0 Å². The van der Waals surface area contributed by atoms with Crippen molar-refractivity contribution in [2.75, 3.05) is 33.6 Å². The zero-order valence-corrected chi connectivity index (χ0v) is 31.8. The van der Waals surface area contributed by atoms with E-state index in [9.17, 15) is 47.6 Å². The number of rotatable bonds is 15. The fourth-order valence-electron chi connectivity index (χ4n) is 4.87. The Morgan fingerprint density at radius 3 is 1.96 bits per heavy atom. The second-order valence-electron chi connectivity index (χ2n) is 11.4. The summed E-state index contributed by atoms with van der Waals surface area (Å²) in [4.78, 5) is 23.3. The summed E-state index contributed by atoms with van der Waals surface area (Å²) >= 11 is 0. The van der Waals surface area contributed by atoms with E-state index in [1.807, 2.05) is 0 Å². The molecular weight excluding hydrogens is 819 g/mol. The second kappa shape index (κ2) is 16.0. The van der Waals surface area contributed by atoms with Crippen LogP contribution in [0.4, 0.5) is 46.3 Å². The molecule has 0 aliphatic carbocycles. The van der Waals surface area contributed by atoms with Crippen LogP contribution in [-0.4, -0.2) is 80.5 Å². The van der Waals surface area contributed by atoms with Gasteiger partial charge in [-0.15, -0.1) is 5.11 Å². The lowest BCUT2D eigenvalue weighted by atomic mass is 10.1. The number of nitrogens with zero attached hydrogens (tertiary/aromatic N) is 5. The van der Waals surface area contributed by atoms with Crippen molar-refractivity contribution < 1.29 is 52.1 Å². The Labute approximate surface area is 319 Å². The number of nitrogens with one attached hydrogen (secondary N) is 4. The molecule has 0 aliphatic rings. The monoisotopic (exact) mass is 847 g/mol. The van der Waals surface area contributed by atoms with Crippen molar-refractivity contribution >= 4 is 103 Å². The third-order valence-corrected chi connectivity index (χ3v) is 11.1. The predicted octanol–water partition coefficient (Wildman–Crippen LogP) is 4.60. The number of carbonyl (C=O) groups is 1. The van der Waals surface area contributed by atoms with Crippen molar-refractivity contribution in [3.05, 3.63) is 84.8 Å². The Hall–Kier alpha value is -5.96. The number of hydrogen-bond donors (Lipinski definition) is 7. The van der Waals surface area contributed by atoms with Gasteiger partial charge in [-0.05, 0) is 54.6 Å². The summed E-state index contributed by atoms with van der Waals surface area (Å²) in [7, 11) is -17.9. The maximum atomic E-state index is 12.3. The largest absolute Gasteiger partial charge is 0.353 e. The van der Waals surface area contributed by atoms with E-state index in [1.165, 1.54) is 61.5 Å². The molecule has 7 N–H and O–H groups in total. The van der Waals surface area contributed by atoms with E-state index in [0.29, 0.717) is 0 Å². The van der Waals surface area contributed by atoms with Gasteiger partial charge >= 0.3 is 0 Å². The van der Waals surface area contributed by atoms with Gasteiger partial charge in [0.05, 0.1) is 22.0 Å². The van der Waals surface area contributed by atoms with Crippen LogP contribution in [0.25, 0.3) is 10.8 Å². The van der Waals surface area contributed by atoms with Gasteiger partial charge in [-0.1, -0.05) is 24.8 Å². The molecule has 0 unspecified atom stereocenters. The first-order chi connectivity index (χ1) is 26.1. The Balaban J connectivity index is 1.52. The number of sulfone groups is 1. The molecule has 294 valence electrons. The molecular formula is C31H29N9O12S4. The Kier molecular flexibility index (Phi) is 11.8. The Morgan fingerprint density at radius 1 is 0.732 bits per heavy atom. The minimum Gasteiger partial charge on any atom is -0.353 e. The molecule has 1 heterocycles. The molecule has 0 bridgehead atoms. The molecule has 56 heavy (non-hydrogen) atoms. The molecule has 25 heteroatoms. The molecule has 21 nitrogen and oxygen atoms in total. The summed E-state index contributed by atoms with van der Waals surface area (Å²) in [5.41, 5.74) is 0.247. The van der Waals surface area contributed by atoms with E-state index < -0.39 is 61.6 Å². The van der Waals surface area contributed by atoms with Gasteiger partial charge in [0.25, 0.3) is 30.4 Å². The highest BCUT2D eigenvalue weighted by atomic mass is 32.2. The zero-order valence-electron chi connectivity index (χ0n) is 28.5. The molecule has 0 fully saturated rings. The van der Waals surface area contributed by atoms with Crippen LogP contribution in [0.1, 0.15) is 6.92 Å². The van der Waals surface area contributed by atoms with Gasteiger partial charge in [-0.25, -0.2) is 8.42 Å². The van der Waals surface area contributed by atoms with E-state index in [-0.39, 0.29) is 68.5 Å². The number of carbonyl (C=O) groups excluding carboxylic acids is 1. The number of azo groups is 1. The van der Waals surface area contributed by atoms with E-state index in [4.69, 9.17) is 4.55 Å². The van der Waals surface area contributed by atoms with Crippen LogP contribution in [0.3, 0.4) is 0 Å². The smallest absolute Gasteiger partial charge is 0.295 e. The first kappa shape index (κ1) is 41.2. The first-order valence-electron chi connectivity index (χ1n) is 15.4. The maximum absolute atomic E-state index is 12.3. The van der Waals surface area contributed by atoms with Gasteiger partial charge in [0.15, 0.2) is 9.84 Å². The van der Waals surface area contributed by atoms with Gasteiger partial charge in [0.2, 0.25) is 23.8 Å². The summed E-state index contributed by atoms with van der Waals surface area (Å²) in [6, 6.07) is 15.2. The molecule has 0 saturated carbocycles. The van der Waals surface area contributed by atoms with Crippen molar-refractivity contribution in [3.8, 4) is 0 Å². The maximum Gasteiger partial charge on any atom is 0.295 e. The summed E-state index contributed by atoms with van der Waals surface area (Å²) < 4.78 is 124. The third kappa shape index (κ3) is 10.6. The first-order valence-corrected chi connectivity index (χ1v) is 21.5. The van der Waals surface area contributed by atoms with Gasteiger partial charge in [0, 0.05) is 41.0 Å². The third-order valence-electron chi connectivity index (χ3n) is 7.21. The average Bonchev–Trinajstić information content (AvgIpc) is 3.09. The normalized spacial score (nSPS) is 12.4. The van der Waals surface area contributed by atoms with Gasteiger partial charge in [-0.2, -0.15) is 45.3 Å². The number of amides is 1. The van der Waals surface area contributed by atoms with Crippen molar-refractivity contribution in [2.24, 2.45) is 10.2 Å². The Bertz CT molecular complexity index is 2870. The fourth-order valence-corrected chi connectivity index (χ4v) is 7.41. The lowest BCUT2D eigenvalue weighted by Crippen LogP contribution is -2.17. The molecule has 0 spiro atoms. The predicted molar refractivity (Wildman–Crippen MR) is 204 cm³/mol. The van der Waals surface area contributed by atoms with Gasteiger partial charge in [0.1, 0.15) is 15.5 Å². The van der Waals surface area contributed by atoms with E-state index in [0.717, 1.165) is 23.6 Å². The summed E-state index contributed by atoms with van der Waals surface area (Å²) in [5.74, 6) is -1.71. The van der Waals surface area contributed by atoms with Crippen LogP contribution in [0, 0.1) is 0 Å².